The molecular weight excluding hydrogens is 234 g/mol. The van der Waals surface area contributed by atoms with E-state index in [2.05, 4.69) is 15.3 Å². The molecule has 6 heteroatoms. The lowest BCUT2D eigenvalue weighted by Crippen LogP contribution is -2.35. The molecule has 0 bridgehead atoms. The second-order valence-corrected chi connectivity index (χ2v) is 4.59. The number of carboxylic acids is 1. The van der Waals surface area contributed by atoms with Crippen molar-refractivity contribution in [2.75, 3.05) is 19.0 Å². The summed E-state index contributed by atoms with van der Waals surface area (Å²) in [5.41, 5.74) is -0.662. The fourth-order valence-corrected chi connectivity index (χ4v) is 2.31. The highest BCUT2D eigenvalue weighted by Gasteiger charge is 2.41. The third-order valence-corrected chi connectivity index (χ3v) is 3.44. The number of nitrogens with zero attached hydrogens (tertiary/aromatic N) is 2. The number of hydrogen-bond donors (Lipinski definition) is 2. The van der Waals surface area contributed by atoms with Crippen molar-refractivity contribution < 1.29 is 14.6 Å². The summed E-state index contributed by atoms with van der Waals surface area (Å²) in [4.78, 5) is 19.5. The highest BCUT2D eigenvalue weighted by Crippen LogP contribution is 2.38. The van der Waals surface area contributed by atoms with Crippen molar-refractivity contribution in [3.8, 4) is 5.88 Å². The zero-order chi connectivity index (χ0) is 13.0. The van der Waals surface area contributed by atoms with E-state index in [-0.39, 0.29) is 0 Å². The minimum Gasteiger partial charge on any atom is -0.481 e. The second kappa shape index (κ2) is 5.20. The van der Waals surface area contributed by atoms with Crippen LogP contribution in [0.2, 0.25) is 0 Å². The predicted molar refractivity (Wildman–Crippen MR) is 65.6 cm³/mol. The molecule has 1 aromatic heterocycles. The summed E-state index contributed by atoms with van der Waals surface area (Å²) < 4.78 is 4.97. The van der Waals surface area contributed by atoms with Crippen LogP contribution in [0.1, 0.15) is 25.7 Å². The molecule has 1 fully saturated rings. The number of carbonyl (C=O) groups is 1. The molecule has 0 atom stereocenters. The second-order valence-electron chi connectivity index (χ2n) is 4.59. The van der Waals surface area contributed by atoms with E-state index in [0.29, 0.717) is 31.1 Å². The Balaban J connectivity index is 2.03. The van der Waals surface area contributed by atoms with Crippen molar-refractivity contribution in [1.29, 1.82) is 0 Å². The van der Waals surface area contributed by atoms with Crippen LogP contribution in [0.5, 0.6) is 5.88 Å². The van der Waals surface area contributed by atoms with Crippen LogP contribution in [0.4, 0.5) is 5.82 Å². The van der Waals surface area contributed by atoms with E-state index in [9.17, 15) is 9.90 Å². The number of ether oxygens (including phenoxy) is 1. The zero-order valence-electron chi connectivity index (χ0n) is 10.3. The van der Waals surface area contributed by atoms with Crippen molar-refractivity contribution in [3.63, 3.8) is 0 Å². The molecule has 1 aromatic rings. The quantitative estimate of drug-likeness (QED) is 0.825. The number of carboxylic acid groups (broad SMARTS) is 1. The van der Waals surface area contributed by atoms with E-state index in [4.69, 9.17) is 4.74 Å². The molecule has 2 N–H and O–H groups in total. The van der Waals surface area contributed by atoms with Gasteiger partial charge in [0.1, 0.15) is 5.82 Å². The van der Waals surface area contributed by atoms with Gasteiger partial charge >= 0.3 is 5.97 Å². The van der Waals surface area contributed by atoms with Crippen LogP contribution < -0.4 is 10.1 Å². The van der Waals surface area contributed by atoms with Gasteiger partial charge in [-0.25, -0.2) is 0 Å². The third kappa shape index (κ3) is 2.52. The van der Waals surface area contributed by atoms with E-state index < -0.39 is 11.4 Å². The van der Waals surface area contributed by atoms with Crippen LogP contribution in [0.15, 0.2) is 12.4 Å². The molecule has 1 aliphatic carbocycles. The fraction of sp³-hybridized carbons (Fsp3) is 0.583. The van der Waals surface area contributed by atoms with Crippen molar-refractivity contribution in [1.82, 2.24) is 9.97 Å². The summed E-state index contributed by atoms with van der Waals surface area (Å²) in [5.74, 6) is 0.223. The molecule has 1 aliphatic rings. The lowest BCUT2D eigenvalue weighted by molar-refractivity contribution is -0.147. The smallest absolute Gasteiger partial charge is 0.311 e. The Hall–Kier alpha value is -1.85. The van der Waals surface area contributed by atoms with Gasteiger partial charge in [0, 0.05) is 6.54 Å². The third-order valence-electron chi connectivity index (χ3n) is 3.44. The minimum absolute atomic E-state index is 0.379. The SMILES string of the molecule is COc1cncc(NCC2(C(=O)O)CCCC2)n1. The summed E-state index contributed by atoms with van der Waals surface area (Å²) in [5, 5.41) is 12.4. The van der Waals surface area contributed by atoms with Crippen LogP contribution in [-0.2, 0) is 4.79 Å². The predicted octanol–water partition coefficient (Wildman–Crippen LogP) is 1.54. The van der Waals surface area contributed by atoms with Gasteiger partial charge in [-0.3, -0.25) is 9.78 Å². The van der Waals surface area contributed by atoms with Crippen LogP contribution in [-0.4, -0.2) is 34.7 Å². The van der Waals surface area contributed by atoms with E-state index in [0.717, 1.165) is 12.8 Å². The summed E-state index contributed by atoms with van der Waals surface area (Å²) in [6, 6.07) is 0. The first-order chi connectivity index (χ1) is 8.66. The summed E-state index contributed by atoms with van der Waals surface area (Å²) in [6.45, 7) is 0.379. The van der Waals surface area contributed by atoms with E-state index >= 15 is 0 Å². The van der Waals surface area contributed by atoms with Gasteiger partial charge in [0.2, 0.25) is 5.88 Å². The average Bonchev–Trinajstić information content (AvgIpc) is 2.87. The fourth-order valence-electron chi connectivity index (χ4n) is 2.31. The van der Waals surface area contributed by atoms with Crippen molar-refractivity contribution >= 4 is 11.8 Å². The van der Waals surface area contributed by atoms with Crippen LogP contribution in [0, 0.1) is 5.41 Å². The van der Waals surface area contributed by atoms with Crippen molar-refractivity contribution in [3.05, 3.63) is 12.4 Å². The molecule has 1 heterocycles. The maximum Gasteiger partial charge on any atom is 0.311 e. The molecule has 0 spiro atoms. The number of hydrogen-bond acceptors (Lipinski definition) is 5. The molecule has 18 heavy (non-hydrogen) atoms. The molecule has 0 unspecified atom stereocenters. The van der Waals surface area contributed by atoms with Crippen molar-refractivity contribution in [2.24, 2.45) is 5.41 Å². The molecule has 0 saturated heterocycles. The Morgan fingerprint density at radius 3 is 2.83 bits per heavy atom. The average molecular weight is 251 g/mol. The van der Waals surface area contributed by atoms with Crippen molar-refractivity contribution in [2.45, 2.75) is 25.7 Å². The van der Waals surface area contributed by atoms with Crippen LogP contribution in [0.3, 0.4) is 0 Å². The van der Waals surface area contributed by atoms with Crippen LogP contribution in [0.25, 0.3) is 0 Å². The first kappa shape index (κ1) is 12.6. The summed E-state index contributed by atoms with van der Waals surface area (Å²) in [6.07, 6.45) is 6.44. The topological polar surface area (TPSA) is 84.3 Å². The van der Waals surface area contributed by atoms with E-state index in [1.165, 1.54) is 13.3 Å². The Morgan fingerprint density at radius 1 is 1.50 bits per heavy atom. The van der Waals surface area contributed by atoms with Gasteiger partial charge in [0.15, 0.2) is 0 Å². The molecule has 98 valence electrons. The number of aliphatic carboxylic acids is 1. The summed E-state index contributed by atoms with van der Waals surface area (Å²) in [7, 11) is 1.52. The maximum absolute atomic E-state index is 11.4. The Kier molecular flexibility index (Phi) is 3.64. The number of rotatable bonds is 5. The largest absolute Gasteiger partial charge is 0.481 e. The van der Waals surface area contributed by atoms with E-state index in [1.807, 2.05) is 0 Å². The monoisotopic (exact) mass is 251 g/mol. The Bertz CT molecular complexity index is 430. The number of nitrogens with one attached hydrogen (secondary N) is 1. The Labute approximate surface area is 105 Å². The normalized spacial score (nSPS) is 17.4. The number of anilines is 1. The minimum atomic E-state index is -0.733. The molecule has 0 aromatic carbocycles. The lowest BCUT2D eigenvalue weighted by atomic mass is 9.86. The maximum atomic E-state index is 11.4. The first-order valence-electron chi connectivity index (χ1n) is 6.00. The van der Waals surface area contributed by atoms with Crippen LogP contribution >= 0.6 is 0 Å². The van der Waals surface area contributed by atoms with Gasteiger partial charge in [-0.2, -0.15) is 4.98 Å². The van der Waals surface area contributed by atoms with Gasteiger partial charge in [-0.1, -0.05) is 12.8 Å². The highest BCUT2D eigenvalue weighted by atomic mass is 16.5. The molecule has 2 rings (SSSR count). The molecule has 0 amide bonds. The summed E-state index contributed by atoms with van der Waals surface area (Å²) >= 11 is 0. The standard InChI is InChI=1S/C12H17N3O3/c1-18-10-7-13-6-9(15-10)14-8-12(11(16)17)4-2-3-5-12/h6-7H,2-5,8H2,1H3,(H,14,15)(H,16,17). The molecule has 6 nitrogen and oxygen atoms in total. The Morgan fingerprint density at radius 2 is 2.22 bits per heavy atom. The highest BCUT2D eigenvalue weighted by molar-refractivity contribution is 5.75. The first-order valence-corrected chi connectivity index (χ1v) is 6.00. The molecular formula is C12H17N3O3. The molecule has 0 radical (unpaired) electrons. The number of methoxy groups -OCH3 is 1. The number of aromatic nitrogens is 2. The zero-order valence-corrected chi connectivity index (χ0v) is 10.3. The van der Waals surface area contributed by atoms with Gasteiger partial charge in [-0.15, -0.1) is 0 Å². The van der Waals surface area contributed by atoms with Gasteiger partial charge in [0.05, 0.1) is 24.9 Å². The molecule has 1 saturated carbocycles. The van der Waals surface area contributed by atoms with Gasteiger partial charge in [-0.05, 0) is 12.8 Å². The van der Waals surface area contributed by atoms with Gasteiger partial charge in [0.25, 0.3) is 0 Å². The molecule has 0 aliphatic heterocycles. The lowest BCUT2D eigenvalue weighted by Gasteiger charge is -2.24. The van der Waals surface area contributed by atoms with Gasteiger partial charge < -0.3 is 15.2 Å². The van der Waals surface area contributed by atoms with E-state index in [1.54, 1.807) is 6.20 Å².